The highest BCUT2D eigenvalue weighted by Gasteiger charge is 2.30. The molecule has 6 rings (SSSR count). The van der Waals surface area contributed by atoms with Crippen LogP contribution in [0.15, 0.2) is 47.2 Å². The van der Waals surface area contributed by atoms with Crippen LogP contribution in [0.4, 0.5) is 0 Å². The Bertz CT molecular complexity index is 1280. The maximum absolute atomic E-state index is 13.0. The SMILES string of the molecule is Cc1ccn2ncc(C(=O)N[C@@H]3CCc4cc(-c5noc(C6CC6)n5)ccc43)c2c1. The minimum absolute atomic E-state index is 0.00592. The van der Waals surface area contributed by atoms with Crippen molar-refractivity contribution in [2.45, 2.75) is 44.6 Å². The van der Waals surface area contributed by atoms with Crippen LogP contribution in [0.25, 0.3) is 16.9 Å². The smallest absolute Gasteiger partial charge is 0.255 e. The van der Waals surface area contributed by atoms with E-state index in [1.54, 1.807) is 10.7 Å². The maximum Gasteiger partial charge on any atom is 0.255 e. The van der Waals surface area contributed by atoms with Gasteiger partial charge in [0.1, 0.15) is 0 Å². The van der Waals surface area contributed by atoms with E-state index in [1.165, 1.54) is 5.56 Å². The number of carbonyl (C=O) groups is 1. The van der Waals surface area contributed by atoms with Crippen molar-refractivity contribution in [3.63, 3.8) is 0 Å². The molecule has 30 heavy (non-hydrogen) atoms. The van der Waals surface area contributed by atoms with Gasteiger partial charge in [-0.3, -0.25) is 4.79 Å². The summed E-state index contributed by atoms with van der Waals surface area (Å²) in [6, 6.07) is 10.2. The Hall–Kier alpha value is -3.48. The first kappa shape index (κ1) is 17.4. The first-order valence-corrected chi connectivity index (χ1v) is 10.4. The minimum Gasteiger partial charge on any atom is -0.345 e. The lowest BCUT2D eigenvalue weighted by molar-refractivity contribution is 0.0938. The second-order valence-corrected chi connectivity index (χ2v) is 8.30. The van der Waals surface area contributed by atoms with E-state index in [2.05, 4.69) is 32.7 Å². The molecule has 3 heterocycles. The van der Waals surface area contributed by atoms with E-state index >= 15 is 0 Å². The van der Waals surface area contributed by atoms with Crippen molar-refractivity contribution < 1.29 is 9.32 Å². The lowest BCUT2D eigenvalue weighted by Gasteiger charge is -2.14. The highest BCUT2D eigenvalue weighted by Crippen LogP contribution is 2.40. The van der Waals surface area contributed by atoms with E-state index < -0.39 is 0 Å². The molecule has 0 saturated heterocycles. The van der Waals surface area contributed by atoms with Crippen LogP contribution in [0.5, 0.6) is 0 Å². The van der Waals surface area contributed by atoms with Gasteiger partial charge in [-0.15, -0.1) is 0 Å². The molecule has 0 unspecified atom stereocenters. The number of aryl methyl sites for hydroxylation is 2. The first-order chi connectivity index (χ1) is 14.7. The van der Waals surface area contributed by atoms with E-state index in [0.29, 0.717) is 17.3 Å². The Labute approximate surface area is 173 Å². The fourth-order valence-corrected chi connectivity index (χ4v) is 4.25. The van der Waals surface area contributed by atoms with Crippen LogP contribution in [-0.4, -0.2) is 25.7 Å². The molecule has 0 bridgehead atoms. The van der Waals surface area contributed by atoms with Crippen LogP contribution in [0.3, 0.4) is 0 Å². The summed E-state index contributed by atoms with van der Waals surface area (Å²) in [7, 11) is 0. The van der Waals surface area contributed by atoms with Gasteiger partial charge in [-0.05, 0) is 67.5 Å². The number of rotatable bonds is 4. The Balaban J connectivity index is 1.24. The third-order valence-corrected chi connectivity index (χ3v) is 6.07. The molecule has 1 atom stereocenters. The van der Waals surface area contributed by atoms with Gasteiger partial charge in [0.2, 0.25) is 11.7 Å². The minimum atomic E-state index is -0.0928. The summed E-state index contributed by atoms with van der Waals surface area (Å²) in [6.45, 7) is 2.01. The van der Waals surface area contributed by atoms with Gasteiger partial charge >= 0.3 is 0 Å². The molecule has 1 N–H and O–H groups in total. The summed E-state index contributed by atoms with van der Waals surface area (Å²) in [5.74, 6) is 1.75. The molecule has 1 fully saturated rings. The molecule has 3 aromatic heterocycles. The number of fused-ring (bicyclic) bond motifs is 2. The molecule has 4 aromatic rings. The second-order valence-electron chi connectivity index (χ2n) is 8.30. The van der Waals surface area contributed by atoms with Gasteiger partial charge in [-0.25, -0.2) is 4.52 Å². The van der Waals surface area contributed by atoms with Crippen LogP contribution < -0.4 is 5.32 Å². The summed E-state index contributed by atoms with van der Waals surface area (Å²) < 4.78 is 7.13. The van der Waals surface area contributed by atoms with Crippen LogP contribution in [0.1, 0.15) is 64.2 Å². The summed E-state index contributed by atoms with van der Waals surface area (Å²) >= 11 is 0. The number of benzene rings is 1. The average Bonchev–Trinajstić information content (AvgIpc) is 3.16. The van der Waals surface area contributed by atoms with E-state index in [9.17, 15) is 4.79 Å². The predicted octanol–water partition coefficient (Wildman–Crippen LogP) is 3.99. The van der Waals surface area contributed by atoms with Crippen LogP contribution in [0.2, 0.25) is 0 Å². The number of hydrogen-bond donors (Lipinski definition) is 1. The zero-order valence-corrected chi connectivity index (χ0v) is 16.6. The number of aromatic nitrogens is 4. The molecule has 0 aliphatic heterocycles. The van der Waals surface area contributed by atoms with Gasteiger partial charge in [0, 0.05) is 17.7 Å². The number of carbonyl (C=O) groups excluding carboxylic acids is 1. The number of amides is 1. The lowest BCUT2D eigenvalue weighted by Crippen LogP contribution is -2.27. The predicted molar refractivity (Wildman–Crippen MR) is 110 cm³/mol. The topological polar surface area (TPSA) is 85.3 Å². The first-order valence-electron chi connectivity index (χ1n) is 10.4. The maximum atomic E-state index is 13.0. The van der Waals surface area contributed by atoms with Gasteiger partial charge < -0.3 is 9.84 Å². The molecule has 1 aromatic carbocycles. The average molecular weight is 399 g/mol. The molecule has 7 heteroatoms. The van der Waals surface area contributed by atoms with Gasteiger partial charge in [0.05, 0.1) is 23.3 Å². The normalized spacial score (nSPS) is 18.0. The molecule has 150 valence electrons. The van der Waals surface area contributed by atoms with Gasteiger partial charge in [0.15, 0.2) is 0 Å². The van der Waals surface area contributed by atoms with E-state index in [0.717, 1.165) is 53.8 Å². The molecule has 0 radical (unpaired) electrons. The quantitative estimate of drug-likeness (QED) is 0.561. The molecule has 0 spiro atoms. The van der Waals surface area contributed by atoms with Crippen molar-refractivity contribution in [3.8, 4) is 11.4 Å². The summed E-state index contributed by atoms with van der Waals surface area (Å²) in [5, 5.41) is 11.6. The van der Waals surface area contributed by atoms with Crippen LogP contribution in [0, 0.1) is 6.92 Å². The van der Waals surface area contributed by atoms with Crippen molar-refractivity contribution in [1.82, 2.24) is 25.1 Å². The van der Waals surface area contributed by atoms with Crippen molar-refractivity contribution in [2.75, 3.05) is 0 Å². The van der Waals surface area contributed by atoms with Gasteiger partial charge in [-0.1, -0.05) is 17.3 Å². The third kappa shape index (κ3) is 2.89. The van der Waals surface area contributed by atoms with Crippen molar-refractivity contribution in [1.29, 1.82) is 0 Å². The second kappa shape index (κ2) is 6.52. The summed E-state index contributed by atoms with van der Waals surface area (Å²) in [6.07, 6.45) is 7.58. The van der Waals surface area contributed by atoms with Crippen molar-refractivity contribution in [2.24, 2.45) is 0 Å². The summed E-state index contributed by atoms with van der Waals surface area (Å²) in [4.78, 5) is 17.5. The lowest BCUT2D eigenvalue weighted by atomic mass is 10.0. The molecule has 1 saturated carbocycles. The Kier molecular flexibility index (Phi) is 3.78. The molecule has 1 amide bonds. The van der Waals surface area contributed by atoms with E-state index in [-0.39, 0.29) is 11.9 Å². The number of pyridine rings is 1. The fourth-order valence-electron chi connectivity index (χ4n) is 4.25. The Morgan fingerprint density at radius 1 is 1.20 bits per heavy atom. The molecule has 2 aliphatic carbocycles. The zero-order valence-electron chi connectivity index (χ0n) is 16.6. The van der Waals surface area contributed by atoms with E-state index in [4.69, 9.17) is 4.52 Å². The Morgan fingerprint density at radius 2 is 2.10 bits per heavy atom. The van der Waals surface area contributed by atoms with Gasteiger partial charge in [0.25, 0.3) is 5.91 Å². The standard InChI is InChI=1S/C23H21N5O2/c1-13-8-9-28-20(10-13)18(12-24-28)22(29)25-19-7-5-15-11-16(4-6-17(15)19)21-26-23(30-27-21)14-2-3-14/h4,6,8-12,14,19H,2-3,5,7H2,1H3,(H,25,29)/t19-/m1/s1. The number of nitrogens with zero attached hydrogens (tertiary/aromatic N) is 4. The monoisotopic (exact) mass is 399 g/mol. The van der Waals surface area contributed by atoms with Crippen molar-refractivity contribution in [3.05, 3.63) is 70.9 Å². The zero-order chi connectivity index (χ0) is 20.2. The Morgan fingerprint density at radius 3 is 2.97 bits per heavy atom. The molecular formula is C23H21N5O2. The summed E-state index contributed by atoms with van der Waals surface area (Å²) in [5.41, 5.74) is 5.88. The molecule has 2 aliphatic rings. The highest BCUT2D eigenvalue weighted by atomic mass is 16.5. The van der Waals surface area contributed by atoms with Gasteiger partial charge in [-0.2, -0.15) is 10.1 Å². The van der Waals surface area contributed by atoms with E-state index in [1.807, 2.05) is 31.3 Å². The largest absolute Gasteiger partial charge is 0.345 e. The number of hydrogen-bond acceptors (Lipinski definition) is 5. The van der Waals surface area contributed by atoms with Crippen molar-refractivity contribution >= 4 is 11.4 Å². The highest BCUT2D eigenvalue weighted by molar-refractivity contribution is 6.00. The number of nitrogens with one attached hydrogen (secondary N) is 1. The van der Waals surface area contributed by atoms with Crippen LogP contribution in [-0.2, 0) is 6.42 Å². The third-order valence-electron chi connectivity index (χ3n) is 6.07. The van der Waals surface area contributed by atoms with Crippen LogP contribution >= 0.6 is 0 Å². The fraction of sp³-hybridized carbons (Fsp3) is 0.304. The molecule has 7 nitrogen and oxygen atoms in total. The molecular weight excluding hydrogens is 378 g/mol.